The Balaban J connectivity index is 1.91. The molecule has 6 heteroatoms. The molecule has 19 heavy (non-hydrogen) atoms. The lowest BCUT2D eigenvalue weighted by Gasteiger charge is -2.27. The third-order valence-electron chi connectivity index (χ3n) is 3.52. The van der Waals surface area contributed by atoms with E-state index in [0.29, 0.717) is 22.0 Å². The zero-order valence-electron chi connectivity index (χ0n) is 10.4. The van der Waals surface area contributed by atoms with Gasteiger partial charge in [-0.05, 0) is 17.7 Å². The number of halogens is 1. The third-order valence-corrected chi connectivity index (χ3v) is 5.87. The molecule has 0 spiro atoms. The van der Waals surface area contributed by atoms with Crippen LogP contribution in [0.2, 0.25) is 5.02 Å². The molecule has 2 heterocycles. The number of benzene rings is 1. The molecule has 1 N–H and O–H groups in total. The first-order chi connectivity index (χ1) is 9.09. The summed E-state index contributed by atoms with van der Waals surface area (Å²) in [4.78, 5) is 2.87. The van der Waals surface area contributed by atoms with Crippen molar-refractivity contribution in [3.05, 3.63) is 33.7 Å². The maximum absolute atomic E-state index is 12.5. The molecule has 0 aromatic heterocycles. The maximum atomic E-state index is 12.5. The van der Waals surface area contributed by atoms with Crippen LogP contribution in [0.1, 0.15) is 5.56 Å². The van der Waals surface area contributed by atoms with Crippen LogP contribution in [0.15, 0.2) is 28.0 Å². The molecule has 0 unspecified atom stereocenters. The van der Waals surface area contributed by atoms with Crippen molar-refractivity contribution in [3.63, 3.8) is 0 Å². The van der Waals surface area contributed by atoms with Crippen molar-refractivity contribution in [2.75, 3.05) is 32.7 Å². The van der Waals surface area contributed by atoms with Gasteiger partial charge in [-0.2, -0.15) is 0 Å². The minimum absolute atomic E-state index is 0.266. The molecular formula is C13H15ClN2O2S. The van der Waals surface area contributed by atoms with Gasteiger partial charge in [-0.1, -0.05) is 23.7 Å². The van der Waals surface area contributed by atoms with Crippen LogP contribution in [-0.2, 0) is 9.84 Å². The monoisotopic (exact) mass is 298 g/mol. The Kier molecular flexibility index (Phi) is 3.39. The SMILES string of the molecule is O=S1(=O)C(CN2CCNCC2)=Cc2cccc(Cl)c21. The Labute approximate surface area is 118 Å². The lowest BCUT2D eigenvalue weighted by Crippen LogP contribution is -2.44. The smallest absolute Gasteiger partial charge is 0.206 e. The normalized spacial score (nSPS) is 22.1. The highest BCUT2D eigenvalue weighted by atomic mass is 35.5. The van der Waals surface area contributed by atoms with E-state index >= 15 is 0 Å². The Hall–Kier alpha value is -0.880. The minimum Gasteiger partial charge on any atom is -0.314 e. The molecule has 3 rings (SSSR count). The molecule has 0 bridgehead atoms. The maximum Gasteiger partial charge on any atom is 0.206 e. The van der Waals surface area contributed by atoms with Crippen molar-refractivity contribution in [1.29, 1.82) is 0 Å². The van der Waals surface area contributed by atoms with Gasteiger partial charge in [0.2, 0.25) is 9.84 Å². The molecule has 2 aliphatic heterocycles. The van der Waals surface area contributed by atoms with Gasteiger partial charge in [0.15, 0.2) is 0 Å². The van der Waals surface area contributed by atoms with Crippen LogP contribution < -0.4 is 5.32 Å². The van der Waals surface area contributed by atoms with E-state index in [2.05, 4.69) is 10.2 Å². The van der Waals surface area contributed by atoms with E-state index < -0.39 is 9.84 Å². The number of hydrogen-bond donors (Lipinski definition) is 1. The predicted octanol–water partition coefficient (Wildman–Crippen LogP) is 1.37. The summed E-state index contributed by atoms with van der Waals surface area (Å²) >= 11 is 6.03. The molecular weight excluding hydrogens is 284 g/mol. The highest BCUT2D eigenvalue weighted by Gasteiger charge is 2.32. The number of rotatable bonds is 2. The van der Waals surface area contributed by atoms with E-state index in [1.165, 1.54) is 0 Å². The molecule has 0 amide bonds. The zero-order valence-corrected chi connectivity index (χ0v) is 12.0. The summed E-state index contributed by atoms with van der Waals surface area (Å²) in [5.41, 5.74) is 0.706. The number of nitrogens with one attached hydrogen (secondary N) is 1. The molecule has 1 saturated heterocycles. The van der Waals surface area contributed by atoms with Crippen molar-refractivity contribution in [2.24, 2.45) is 0 Å². The fraction of sp³-hybridized carbons (Fsp3) is 0.385. The van der Waals surface area contributed by atoms with Crippen LogP contribution >= 0.6 is 11.6 Å². The number of sulfone groups is 1. The van der Waals surface area contributed by atoms with Gasteiger partial charge in [-0.25, -0.2) is 8.42 Å². The third kappa shape index (κ3) is 2.31. The highest BCUT2D eigenvalue weighted by Crippen LogP contribution is 2.37. The molecule has 0 radical (unpaired) electrons. The average molecular weight is 299 g/mol. The average Bonchev–Trinajstić information content (AvgIpc) is 2.63. The van der Waals surface area contributed by atoms with Crippen LogP contribution in [-0.4, -0.2) is 46.0 Å². The number of piperazine rings is 1. The lowest BCUT2D eigenvalue weighted by molar-refractivity contribution is 0.263. The number of hydrogen-bond acceptors (Lipinski definition) is 4. The van der Waals surface area contributed by atoms with E-state index in [4.69, 9.17) is 11.6 Å². The standard InChI is InChI=1S/C13H15ClN2O2S/c14-12-3-1-2-10-8-11(19(17,18)13(10)12)9-16-6-4-15-5-7-16/h1-3,8,15H,4-7,9H2. The van der Waals surface area contributed by atoms with Gasteiger partial charge in [-0.15, -0.1) is 0 Å². The van der Waals surface area contributed by atoms with E-state index in [0.717, 1.165) is 26.2 Å². The Morgan fingerprint density at radius 3 is 2.68 bits per heavy atom. The Morgan fingerprint density at radius 1 is 1.26 bits per heavy atom. The number of nitrogens with zero attached hydrogens (tertiary/aromatic N) is 1. The predicted molar refractivity (Wildman–Crippen MR) is 75.9 cm³/mol. The van der Waals surface area contributed by atoms with E-state index in [1.54, 1.807) is 24.3 Å². The summed E-state index contributed by atoms with van der Waals surface area (Å²) in [7, 11) is -3.41. The van der Waals surface area contributed by atoms with Crippen LogP contribution in [0, 0.1) is 0 Å². The molecule has 0 saturated carbocycles. The second kappa shape index (κ2) is 4.90. The van der Waals surface area contributed by atoms with Crippen molar-refractivity contribution in [3.8, 4) is 0 Å². The minimum atomic E-state index is -3.41. The van der Waals surface area contributed by atoms with Crippen LogP contribution in [0.4, 0.5) is 0 Å². The highest BCUT2D eigenvalue weighted by molar-refractivity contribution is 7.96. The van der Waals surface area contributed by atoms with Crippen LogP contribution in [0.25, 0.3) is 6.08 Å². The van der Waals surface area contributed by atoms with Crippen molar-refractivity contribution in [1.82, 2.24) is 10.2 Å². The topological polar surface area (TPSA) is 49.4 Å². The quantitative estimate of drug-likeness (QED) is 0.896. The van der Waals surface area contributed by atoms with Crippen molar-refractivity contribution in [2.45, 2.75) is 4.90 Å². The largest absolute Gasteiger partial charge is 0.314 e. The summed E-state index contributed by atoms with van der Waals surface area (Å²) in [6.45, 7) is 4.02. The fourth-order valence-electron chi connectivity index (χ4n) is 2.53. The van der Waals surface area contributed by atoms with Gasteiger partial charge in [0, 0.05) is 32.7 Å². The molecule has 1 fully saturated rings. The van der Waals surface area contributed by atoms with E-state index in [1.807, 2.05) is 0 Å². The zero-order chi connectivity index (χ0) is 13.5. The molecule has 1 aromatic carbocycles. The lowest BCUT2D eigenvalue weighted by atomic mass is 10.2. The van der Waals surface area contributed by atoms with Crippen LogP contribution in [0.3, 0.4) is 0 Å². The molecule has 102 valence electrons. The Morgan fingerprint density at radius 2 is 2.00 bits per heavy atom. The van der Waals surface area contributed by atoms with Gasteiger partial charge in [0.1, 0.15) is 0 Å². The van der Waals surface area contributed by atoms with Gasteiger partial charge >= 0.3 is 0 Å². The molecule has 2 aliphatic rings. The first-order valence-corrected chi connectivity index (χ1v) is 8.12. The van der Waals surface area contributed by atoms with E-state index in [9.17, 15) is 8.42 Å². The summed E-state index contributed by atoms with van der Waals surface area (Å²) in [6, 6.07) is 5.20. The second-order valence-corrected chi connectivity index (χ2v) is 7.15. The first-order valence-electron chi connectivity index (χ1n) is 6.26. The van der Waals surface area contributed by atoms with Gasteiger partial charge < -0.3 is 5.32 Å². The van der Waals surface area contributed by atoms with Crippen LogP contribution in [0.5, 0.6) is 0 Å². The Bertz CT molecular complexity index is 634. The van der Waals surface area contributed by atoms with Gasteiger partial charge in [0.25, 0.3) is 0 Å². The summed E-state index contributed by atoms with van der Waals surface area (Å²) in [5, 5.41) is 3.56. The van der Waals surface area contributed by atoms with Crippen molar-refractivity contribution < 1.29 is 8.42 Å². The van der Waals surface area contributed by atoms with Gasteiger partial charge in [-0.3, -0.25) is 4.90 Å². The van der Waals surface area contributed by atoms with Gasteiger partial charge in [0.05, 0.1) is 14.8 Å². The molecule has 4 nitrogen and oxygen atoms in total. The summed E-state index contributed by atoms with van der Waals surface area (Å²) in [6.07, 6.45) is 1.75. The summed E-state index contributed by atoms with van der Waals surface area (Å²) < 4.78 is 25.0. The van der Waals surface area contributed by atoms with E-state index in [-0.39, 0.29) is 4.90 Å². The number of fused-ring (bicyclic) bond motifs is 1. The molecule has 0 atom stereocenters. The first kappa shape index (κ1) is 13.1. The fourth-order valence-corrected chi connectivity index (χ4v) is 4.67. The second-order valence-electron chi connectivity index (χ2n) is 4.80. The molecule has 0 aliphatic carbocycles. The summed E-state index contributed by atoms with van der Waals surface area (Å²) in [5.74, 6) is 0. The molecule has 1 aromatic rings. The van der Waals surface area contributed by atoms with Crippen molar-refractivity contribution >= 4 is 27.5 Å².